The Morgan fingerprint density at radius 2 is 2.00 bits per heavy atom. The van der Waals surface area contributed by atoms with Gasteiger partial charge in [0.05, 0.1) is 23.9 Å². The zero-order valence-corrected chi connectivity index (χ0v) is 18.7. The van der Waals surface area contributed by atoms with Gasteiger partial charge in [-0.25, -0.2) is 9.97 Å². The first-order valence-electron chi connectivity index (χ1n) is 10.6. The Bertz CT molecular complexity index is 993. The third-order valence-electron chi connectivity index (χ3n) is 5.34. The molecule has 1 aliphatic heterocycles. The lowest BCUT2D eigenvalue weighted by atomic mass is 9.85. The summed E-state index contributed by atoms with van der Waals surface area (Å²) in [7, 11) is 0. The Balaban J connectivity index is 1.81. The van der Waals surface area contributed by atoms with Crippen molar-refractivity contribution >= 4 is 23.0 Å². The molecular formula is C22H30N6O3. The molecule has 0 radical (unpaired) electrons. The van der Waals surface area contributed by atoms with Crippen molar-refractivity contribution in [3.05, 3.63) is 18.0 Å². The molecule has 166 valence electrons. The molecule has 1 aliphatic rings. The zero-order valence-electron chi connectivity index (χ0n) is 18.7. The van der Waals surface area contributed by atoms with Gasteiger partial charge >= 0.3 is 0 Å². The quantitative estimate of drug-likeness (QED) is 0.757. The molecule has 1 fully saturated rings. The predicted molar refractivity (Wildman–Crippen MR) is 115 cm³/mol. The first-order valence-corrected chi connectivity index (χ1v) is 10.6. The standard InChI is InChI=1S/C22H30N6O3/c1-13(2)31-16-12-25-19-17(26-16)15(11-24-19)20(29)27-18(22(3,4)5)21(30)28-8-6-14(10-23)7-9-28/h11-14,18H,6-9H2,1-5H3,(H,24,25)(H,27,29)/t18-/m0/s1. The third-order valence-corrected chi connectivity index (χ3v) is 5.34. The average molecular weight is 427 g/mol. The molecule has 0 aromatic carbocycles. The van der Waals surface area contributed by atoms with Crippen molar-refractivity contribution in [3.63, 3.8) is 0 Å². The fraction of sp³-hybridized carbons (Fsp3) is 0.591. The summed E-state index contributed by atoms with van der Waals surface area (Å²) in [6.07, 6.45) is 4.29. The van der Waals surface area contributed by atoms with E-state index >= 15 is 0 Å². The number of nitriles is 1. The number of nitrogens with zero attached hydrogens (tertiary/aromatic N) is 4. The normalized spacial score (nSPS) is 16.2. The number of H-pyrrole nitrogens is 1. The molecule has 2 aromatic heterocycles. The van der Waals surface area contributed by atoms with Crippen LogP contribution in [-0.4, -0.2) is 56.9 Å². The Morgan fingerprint density at radius 1 is 1.32 bits per heavy atom. The van der Waals surface area contributed by atoms with Crippen molar-refractivity contribution in [3.8, 4) is 11.9 Å². The first kappa shape index (κ1) is 22.5. The van der Waals surface area contributed by atoms with E-state index in [0.29, 0.717) is 48.5 Å². The van der Waals surface area contributed by atoms with Gasteiger partial charge in [-0.1, -0.05) is 20.8 Å². The molecule has 9 heteroatoms. The van der Waals surface area contributed by atoms with Crippen LogP contribution in [0.5, 0.6) is 5.88 Å². The molecule has 0 aliphatic carbocycles. The Kier molecular flexibility index (Phi) is 6.48. The van der Waals surface area contributed by atoms with E-state index in [9.17, 15) is 9.59 Å². The number of amides is 2. The molecule has 0 unspecified atom stereocenters. The van der Waals surface area contributed by atoms with Gasteiger partial charge in [0.1, 0.15) is 11.6 Å². The van der Waals surface area contributed by atoms with E-state index in [4.69, 9.17) is 10.00 Å². The number of carbonyl (C=O) groups excluding carboxylic acids is 2. The molecule has 0 saturated carbocycles. The summed E-state index contributed by atoms with van der Waals surface area (Å²) in [5.41, 5.74) is 0.675. The number of carbonyl (C=O) groups is 2. The van der Waals surface area contributed by atoms with E-state index in [-0.39, 0.29) is 17.9 Å². The first-order chi connectivity index (χ1) is 14.6. The maximum absolute atomic E-state index is 13.3. The third kappa shape index (κ3) is 5.13. The summed E-state index contributed by atoms with van der Waals surface area (Å²) >= 11 is 0. The molecule has 1 atom stereocenters. The highest BCUT2D eigenvalue weighted by atomic mass is 16.5. The van der Waals surface area contributed by atoms with E-state index in [2.05, 4.69) is 26.3 Å². The Morgan fingerprint density at radius 3 is 2.58 bits per heavy atom. The summed E-state index contributed by atoms with van der Waals surface area (Å²) in [4.78, 5) is 39.8. The smallest absolute Gasteiger partial charge is 0.255 e. The highest BCUT2D eigenvalue weighted by Gasteiger charge is 2.37. The van der Waals surface area contributed by atoms with Crippen LogP contribution < -0.4 is 10.1 Å². The van der Waals surface area contributed by atoms with Crippen LogP contribution in [0.25, 0.3) is 11.2 Å². The molecule has 1 saturated heterocycles. The number of piperidine rings is 1. The minimum atomic E-state index is -0.716. The number of hydrogen-bond acceptors (Lipinski definition) is 6. The fourth-order valence-corrected chi connectivity index (χ4v) is 3.62. The van der Waals surface area contributed by atoms with Crippen LogP contribution in [0, 0.1) is 22.7 Å². The van der Waals surface area contributed by atoms with Gasteiger partial charge in [0.25, 0.3) is 5.91 Å². The summed E-state index contributed by atoms with van der Waals surface area (Å²) in [5.74, 6) is -0.215. The van der Waals surface area contributed by atoms with Crippen molar-refractivity contribution in [2.75, 3.05) is 13.1 Å². The van der Waals surface area contributed by atoms with E-state index in [0.717, 1.165) is 0 Å². The SMILES string of the molecule is CC(C)Oc1cnc2[nH]cc(C(=O)N[C@@H](C(=O)N3CCC(C#N)CC3)C(C)(C)C)c2n1. The summed E-state index contributed by atoms with van der Waals surface area (Å²) in [5, 5.41) is 12.0. The van der Waals surface area contributed by atoms with Gasteiger partial charge in [0.15, 0.2) is 5.65 Å². The minimum absolute atomic E-state index is 0.0150. The van der Waals surface area contributed by atoms with Crippen molar-refractivity contribution in [2.24, 2.45) is 11.3 Å². The van der Waals surface area contributed by atoms with Gasteiger partial charge in [-0.2, -0.15) is 5.26 Å². The van der Waals surface area contributed by atoms with Crippen LogP contribution in [0.1, 0.15) is 57.8 Å². The number of rotatable bonds is 5. The lowest BCUT2D eigenvalue weighted by Gasteiger charge is -2.37. The van der Waals surface area contributed by atoms with Crippen molar-refractivity contribution < 1.29 is 14.3 Å². The second-order valence-corrected chi connectivity index (χ2v) is 9.28. The summed E-state index contributed by atoms with van der Waals surface area (Å²) in [6.45, 7) is 10.6. The molecule has 31 heavy (non-hydrogen) atoms. The van der Waals surface area contributed by atoms with Gasteiger partial charge in [0, 0.05) is 25.2 Å². The molecule has 9 nitrogen and oxygen atoms in total. The number of likely N-dealkylation sites (tertiary alicyclic amines) is 1. The topological polar surface area (TPSA) is 124 Å². The monoisotopic (exact) mass is 426 g/mol. The van der Waals surface area contributed by atoms with Crippen LogP contribution in [0.15, 0.2) is 12.4 Å². The lowest BCUT2D eigenvalue weighted by Crippen LogP contribution is -2.56. The largest absolute Gasteiger partial charge is 0.474 e. The van der Waals surface area contributed by atoms with Crippen LogP contribution >= 0.6 is 0 Å². The molecule has 3 heterocycles. The second-order valence-electron chi connectivity index (χ2n) is 9.28. The van der Waals surface area contributed by atoms with Gasteiger partial charge < -0.3 is 19.9 Å². The van der Waals surface area contributed by atoms with Gasteiger partial charge in [-0.15, -0.1) is 0 Å². The van der Waals surface area contributed by atoms with E-state index in [1.807, 2.05) is 34.6 Å². The highest BCUT2D eigenvalue weighted by molar-refractivity contribution is 6.06. The summed E-state index contributed by atoms with van der Waals surface area (Å²) < 4.78 is 5.59. The molecule has 0 bridgehead atoms. The van der Waals surface area contributed by atoms with E-state index in [1.54, 1.807) is 11.1 Å². The van der Waals surface area contributed by atoms with Crippen LogP contribution in [0.4, 0.5) is 0 Å². The predicted octanol–water partition coefficient (Wildman–Crippen LogP) is 2.65. The van der Waals surface area contributed by atoms with Gasteiger partial charge in [-0.3, -0.25) is 9.59 Å². The van der Waals surface area contributed by atoms with Gasteiger partial charge in [0.2, 0.25) is 11.8 Å². The van der Waals surface area contributed by atoms with E-state index in [1.165, 1.54) is 6.20 Å². The fourth-order valence-electron chi connectivity index (χ4n) is 3.62. The van der Waals surface area contributed by atoms with Crippen LogP contribution in [0.3, 0.4) is 0 Å². The van der Waals surface area contributed by atoms with Crippen LogP contribution in [0.2, 0.25) is 0 Å². The van der Waals surface area contributed by atoms with Crippen molar-refractivity contribution in [1.82, 2.24) is 25.2 Å². The zero-order chi connectivity index (χ0) is 22.8. The highest BCUT2D eigenvalue weighted by Crippen LogP contribution is 2.25. The Hall–Kier alpha value is -3.15. The number of aromatic amines is 1. The maximum Gasteiger partial charge on any atom is 0.255 e. The number of hydrogen-bond donors (Lipinski definition) is 2. The number of nitrogens with one attached hydrogen (secondary N) is 2. The van der Waals surface area contributed by atoms with Crippen molar-refractivity contribution in [2.45, 2.75) is 59.6 Å². The summed E-state index contributed by atoms with van der Waals surface area (Å²) in [6, 6.07) is 1.56. The van der Waals surface area contributed by atoms with Gasteiger partial charge in [-0.05, 0) is 32.1 Å². The second kappa shape index (κ2) is 8.92. The molecule has 2 N–H and O–H groups in total. The number of aromatic nitrogens is 3. The van der Waals surface area contributed by atoms with Crippen LogP contribution in [-0.2, 0) is 4.79 Å². The maximum atomic E-state index is 13.3. The molecule has 3 rings (SSSR count). The molecule has 2 amide bonds. The Labute approximate surface area is 182 Å². The molecular weight excluding hydrogens is 396 g/mol. The molecule has 0 spiro atoms. The minimum Gasteiger partial charge on any atom is -0.474 e. The van der Waals surface area contributed by atoms with E-state index < -0.39 is 17.4 Å². The van der Waals surface area contributed by atoms with Crippen molar-refractivity contribution in [1.29, 1.82) is 5.26 Å². The average Bonchev–Trinajstić information content (AvgIpc) is 3.13. The lowest BCUT2D eigenvalue weighted by molar-refractivity contribution is -0.137. The molecule has 2 aromatic rings. The number of ether oxygens (including phenoxy) is 1. The number of fused-ring (bicyclic) bond motifs is 1.